The van der Waals surface area contributed by atoms with Crippen molar-refractivity contribution in [3.05, 3.63) is 35.7 Å². The van der Waals surface area contributed by atoms with Crippen LogP contribution in [0.3, 0.4) is 0 Å². The molecule has 0 saturated carbocycles. The zero-order valence-corrected chi connectivity index (χ0v) is 9.53. The molecule has 0 saturated heterocycles. The van der Waals surface area contributed by atoms with Gasteiger partial charge in [0.25, 0.3) is 0 Å². The summed E-state index contributed by atoms with van der Waals surface area (Å²) in [6.45, 7) is 8.08. The Morgan fingerprint density at radius 3 is 3.07 bits per heavy atom. The first-order valence-corrected chi connectivity index (χ1v) is 5.66. The lowest BCUT2D eigenvalue weighted by atomic mass is 9.95. The van der Waals surface area contributed by atoms with Crippen molar-refractivity contribution in [2.45, 2.75) is 45.3 Å². The molecule has 0 radical (unpaired) electrons. The Hall–Kier alpha value is -1.02. The van der Waals surface area contributed by atoms with Gasteiger partial charge < -0.3 is 9.67 Å². The Bertz CT molecular complexity index is 378. The maximum absolute atomic E-state index is 9.91. The minimum Gasteiger partial charge on any atom is -0.388 e. The molecule has 0 aliphatic heterocycles. The molecule has 2 atom stereocenters. The topological polar surface area (TPSA) is 25.2 Å². The fourth-order valence-electron chi connectivity index (χ4n) is 2.57. The third-order valence-corrected chi connectivity index (χ3v) is 3.37. The smallest absolute Gasteiger partial charge is 0.0807 e. The predicted octanol–water partition coefficient (Wildman–Crippen LogP) is 2.91. The fourth-order valence-corrected chi connectivity index (χ4v) is 2.57. The first-order chi connectivity index (χ1) is 7.15. The van der Waals surface area contributed by atoms with Crippen LogP contribution in [0.25, 0.3) is 0 Å². The van der Waals surface area contributed by atoms with Crippen molar-refractivity contribution in [1.29, 1.82) is 0 Å². The van der Waals surface area contributed by atoms with E-state index in [1.807, 2.05) is 6.08 Å². The van der Waals surface area contributed by atoms with Crippen LogP contribution in [0.5, 0.6) is 0 Å². The summed E-state index contributed by atoms with van der Waals surface area (Å²) in [5, 5.41) is 9.91. The lowest BCUT2D eigenvalue weighted by Gasteiger charge is -2.22. The lowest BCUT2D eigenvalue weighted by Crippen LogP contribution is -2.14. The van der Waals surface area contributed by atoms with E-state index >= 15 is 0 Å². The molecule has 1 heterocycles. The summed E-state index contributed by atoms with van der Waals surface area (Å²) in [4.78, 5) is 0. The van der Waals surface area contributed by atoms with E-state index in [0.717, 1.165) is 24.8 Å². The molecular weight excluding hydrogens is 186 g/mol. The number of aliphatic hydroxyl groups is 1. The number of aromatic nitrogens is 1. The van der Waals surface area contributed by atoms with Gasteiger partial charge in [0.05, 0.1) is 6.10 Å². The third-order valence-electron chi connectivity index (χ3n) is 3.37. The van der Waals surface area contributed by atoms with Crippen molar-refractivity contribution < 1.29 is 5.11 Å². The van der Waals surface area contributed by atoms with Gasteiger partial charge in [-0.3, -0.25) is 0 Å². The largest absolute Gasteiger partial charge is 0.388 e. The molecule has 2 nitrogen and oxygen atoms in total. The van der Waals surface area contributed by atoms with Gasteiger partial charge in [-0.2, -0.15) is 0 Å². The molecule has 0 fully saturated rings. The van der Waals surface area contributed by atoms with Crippen LogP contribution in [0.2, 0.25) is 0 Å². The highest BCUT2D eigenvalue weighted by atomic mass is 16.3. The standard InChI is InChI=1S/C13H19NO/c1-4-9(2)14-10(3)8-11-12(14)6-5-7-13(11)15/h4,8-9,13,15H,1,5-7H2,2-3H3. The van der Waals surface area contributed by atoms with Crippen LogP contribution in [0.15, 0.2) is 18.7 Å². The summed E-state index contributed by atoms with van der Waals surface area (Å²) in [6.07, 6.45) is 4.76. The van der Waals surface area contributed by atoms with Crippen LogP contribution in [-0.2, 0) is 6.42 Å². The van der Waals surface area contributed by atoms with Crippen molar-refractivity contribution in [1.82, 2.24) is 4.57 Å². The monoisotopic (exact) mass is 205 g/mol. The highest BCUT2D eigenvalue weighted by molar-refractivity contribution is 5.32. The Labute approximate surface area is 91.2 Å². The normalized spacial score (nSPS) is 22.2. The second-order valence-corrected chi connectivity index (χ2v) is 4.44. The molecule has 0 aromatic carbocycles. The van der Waals surface area contributed by atoms with E-state index in [-0.39, 0.29) is 6.10 Å². The highest BCUT2D eigenvalue weighted by Gasteiger charge is 2.23. The van der Waals surface area contributed by atoms with Crippen LogP contribution in [-0.4, -0.2) is 9.67 Å². The van der Waals surface area contributed by atoms with E-state index in [9.17, 15) is 5.11 Å². The molecule has 15 heavy (non-hydrogen) atoms. The van der Waals surface area contributed by atoms with Gasteiger partial charge in [0, 0.05) is 23.0 Å². The van der Waals surface area contributed by atoms with Crippen LogP contribution >= 0.6 is 0 Å². The number of allylic oxidation sites excluding steroid dienone is 1. The molecule has 2 unspecified atom stereocenters. The Kier molecular flexibility index (Phi) is 2.70. The van der Waals surface area contributed by atoms with E-state index in [0.29, 0.717) is 6.04 Å². The van der Waals surface area contributed by atoms with Gasteiger partial charge >= 0.3 is 0 Å². The van der Waals surface area contributed by atoms with E-state index in [2.05, 4.69) is 31.1 Å². The summed E-state index contributed by atoms with van der Waals surface area (Å²) in [5.41, 5.74) is 3.67. The number of hydrogen-bond donors (Lipinski definition) is 1. The minimum absolute atomic E-state index is 0.259. The van der Waals surface area contributed by atoms with Gasteiger partial charge in [0.2, 0.25) is 0 Å². The molecule has 82 valence electrons. The van der Waals surface area contributed by atoms with Gasteiger partial charge in [-0.25, -0.2) is 0 Å². The first-order valence-electron chi connectivity index (χ1n) is 5.66. The first kappa shape index (κ1) is 10.5. The summed E-state index contributed by atoms with van der Waals surface area (Å²) >= 11 is 0. The van der Waals surface area contributed by atoms with Crippen molar-refractivity contribution in [3.63, 3.8) is 0 Å². The zero-order chi connectivity index (χ0) is 11.0. The number of hydrogen-bond acceptors (Lipinski definition) is 1. The number of aryl methyl sites for hydroxylation is 1. The summed E-state index contributed by atoms with van der Waals surface area (Å²) in [5.74, 6) is 0. The van der Waals surface area contributed by atoms with E-state index in [1.54, 1.807) is 0 Å². The fraction of sp³-hybridized carbons (Fsp3) is 0.538. The average molecular weight is 205 g/mol. The predicted molar refractivity (Wildman–Crippen MR) is 62.0 cm³/mol. The second-order valence-electron chi connectivity index (χ2n) is 4.44. The molecule has 1 aromatic heterocycles. The number of nitrogens with zero attached hydrogens (tertiary/aromatic N) is 1. The number of rotatable bonds is 2. The Morgan fingerprint density at radius 1 is 1.67 bits per heavy atom. The van der Waals surface area contributed by atoms with Gasteiger partial charge in [0.15, 0.2) is 0 Å². The van der Waals surface area contributed by atoms with Gasteiger partial charge in [-0.15, -0.1) is 6.58 Å². The van der Waals surface area contributed by atoms with Crippen molar-refractivity contribution in [3.8, 4) is 0 Å². The SMILES string of the molecule is C=CC(C)n1c(C)cc2c1CCCC2O. The van der Waals surface area contributed by atoms with Crippen LogP contribution in [0, 0.1) is 6.92 Å². The Balaban J connectivity index is 2.51. The quantitative estimate of drug-likeness (QED) is 0.738. The highest BCUT2D eigenvalue weighted by Crippen LogP contribution is 2.33. The molecule has 0 amide bonds. The van der Waals surface area contributed by atoms with Crippen LogP contribution in [0.4, 0.5) is 0 Å². The summed E-state index contributed by atoms with van der Waals surface area (Å²) in [6, 6.07) is 2.44. The molecule has 1 aromatic rings. The maximum Gasteiger partial charge on any atom is 0.0807 e. The summed E-state index contributed by atoms with van der Waals surface area (Å²) < 4.78 is 2.30. The number of aliphatic hydroxyl groups excluding tert-OH is 1. The Morgan fingerprint density at radius 2 is 2.40 bits per heavy atom. The third kappa shape index (κ3) is 1.63. The molecular formula is C13H19NO. The number of fused-ring (bicyclic) bond motifs is 1. The van der Waals surface area contributed by atoms with E-state index in [4.69, 9.17) is 0 Å². The van der Waals surface area contributed by atoms with Crippen molar-refractivity contribution >= 4 is 0 Å². The van der Waals surface area contributed by atoms with E-state index in [1.165, 1.54) is 11.4 Å². The van der Waals surface area contributed by atoms with Crippen LogP contribution in [0.1, 0.15) is 48.9 Å². The molecule has 1 aliphatic rings. The lowest BCUT2D eigenvalue weighted by molar-refractivity contribution is 0.155. The van der Waals surface area contributed by atoms with Gasteiger partial charge in [0.1, 0.15) is 0 Å². The minimum atomic E-state index is -0.259. The van der Waals surface area contributed by atoms with Crippen LogP contribution < -0.4 is 0 Å². The molecule has 0 spiro atoms. The average Bonchev–Trinajstić information content (AvgIpc) is 2.55. The van der Waals surface area contributed by atoms with Gasteiger partial charge in [-0.1, -0.05) is 6.08 Å². The molecule has 2 rings (SSSR count). The molecule has 1 N–H and O–H groups in total. The van der Waals surface area contributed by atoms with Gasteiger partial charge in [-0.05, 0) is 39.2 Å². The maximum atomic E-state index is 9.91. The second kappa shape index (κ2) is 3.86. The van der Waals surface area contributed by atoms with Crippen molar-refractivity contribution in [2.24, 2.45) is 0 Å². The zero-order valence-electron chi connectivity index (χ0n) is 9.53. The summed E-state index contributed by atoms with van der Waals surface area (Å²) in [7, 11) is 0. The molecule has 2 heteroatoms. The van der Waals surface area contributed by atoms with E-state index < -0.39 is 0 Å². The van der Waals surface area contributed by atoms with Crippen molar-refractivity contribution in [2.75, 3.05) is 0 Å². The molecule has 1 aliphatic carbocycles. The molecule has 0 bridgehead atoms.